The molecule has 5 heteroatoms. The highest BCUT2D eigenvalue weighted by Crippen LogP contribution is 2.25. The zero-order valence-electron chi connectivity index (χ0n) is 12.0. The first-order valence-electron chi connectivity index (χ1n) is 7.00. The molecule has 1 N–H and O–H groups in total. The maximum absolute atomic E-state index is 12.5. The molecule has 0 bridgehead atoms. The van der Waals surface area contributed by atoms with Gasteiger partial charge in [0.25, 0.3) is 5.91 Å². The molecule has 1 fully saturated rings. The van der Waals surface area contributed by atoms with E-state index in [1.54, 1.807) is 12.1 Å². The topological polar surface area (TPSA) is 49.4 Å². The number of imide groups is 1. The fraction of sp³-hybridized carbons (Fsp3) is 0.176. The molecule has 0 spiro atoms. The average Bonchev–Trinajstić information content (AvgIpc) is 2.77. The van der Waals surface area contributed by atoms with Gasteiger partial charge in [-0.25, -0.2) is 4.90 Å². The lowest BCUT2D eigenvalue weighted by molar-refractivity contribution is -0.121. The molecule has 0 unspecified atom stereocenters. The van der Waals surface area contributed by atoms with Crippen molar-refractivity contribution in [2.75, 3.05) is 10.2 Å². The zero-order chi connectivity index (χ0) is 15.7. The van der Waals surface area contributed by atoms with Crippen molar-refractivity contribution >= 4 is 45.8 Å². The van der Waals surface area contributed by atoms with Crippen LogP contribution >= 0.6 is 22.6 Å². The summed E-state index contributed by atoms with van der Waals surface area (Å²) in [4.78, 5) is 26.0. The number of carbonyl (C=O) groups excluding carboxylic acids is 2. The number of aryl methyl sites for hydroxylation is 1. The molecule has 1 aliphatic rings. The molecule has 112 valence electrons. The Morgan fingerprint density at radius 1 is 1.05 bits per heavy atom. The largest absolute Gasteiger partial charge is 0.373 e. The lowest BCUT2D eigenvalue weighted by Gasteiger charge is -2.16. The monoisotopic (exact) mass is 406 g/mol. The van der Waals surface area contributed by atoms with Crippen LogP contribution < -0.4 is 10.2 Å². The minimum Gasteiger partial charge on any atom is -0.373 e. The molecule has 0 saturated carbocycles. The Bertz CT molecular complexity index is 710. The number of halogens is 1. The van der Waals surface area contributed by atoms with Crippen LogP contribution in [-0.4, -0.2) is 17.9 Å². The van der Waals surface area contributed by atoms with Gasteiger partial charge in [-0.15, -0.1) is 0 Å². The Hall–Kier alpha value is -1.89. The predicted molar refractivity (Wildman–Crippen MR) is 94.9 cm³/mol. The quantitative estimate of drug-likeness (QED) is 0.629. The van der Waals surface area contributed by atoms with Gasteiger partial charge in [0, 0.05) is 9.26 Å². The van der Waals surface area contributed by atoms with Gasteiger partial charge in [-0.2, -0.15) is 0 Å². The van der Waals surface area contributed by atoms with E-state index in [0.29, 0.717) is 5.69 Å². The number of nitrogens with zero attached hydrogens (tertiary/aromatic N) is 1. The van der Waals surface area contributed by atoms with Gasteiger partial charge in [0.2, 0.25) is 5.91 Å². The summed E-state index contributed by atoms with van der Waals surface area (Å²) in [5.41, 5.74) is 2.63. The van der Waals surface area contributed by atoms with Crippen LogP contribution in [0.4, 0.5) is 11.4 Å². The molecule has 0 aromatic heterocycles. The predicted octanol–water partition coefficient (Wildman–Crippen LogP) is 3.34. The van der Waals surface area contributed by atoms with Crippen molar-refractivity contribution in [1.29, 1.82) is 0 Å². The van der Waals surface area contributed by atoms with Crippen LogP contribution in [0.25, 0.3) is 0 Å². The van der Waals surface area contributed by atoms with Crippen molar-refractivity contribution in [2.45, 2.75) is 19.4 Å². The Morgan fingerprint density at radius 2 is 1.68 bits per heavy atom. The number of carbonyl (C=O) groups is 2. The maximum atomic E-state index is 12.5. The van der Waals surface area contributed by atoms with Crippen LogP contribution in [0, 0.1) is 10.5 Å². The highest BCUT2D eigenvalue weighted by molar-refractivity contribution is 14.1. The Labute approximate surface area is 142 Å². The molecule has 1 heterocycles. The third-order valence-corrected chi connectivity index (χ3v) is 4.34. The molecule has 2 aromatic carbocycles. The van der Waals surface area contributed by atoms with Gasteiger partial charge in [0.1, 0.15) is 6.04 Å². The molecule has 4 nitrogen and oxygen atoms in total. The first kappa shape index (κ1) is 15.0. The number of amides is 2. The summed E-state index contributed by atoms with van der Waals surface area (Å²) in [6.45, 7) is 2.01. The van der Waals surface area contributed by atoms with Crippen molar-refractivity contribution < 1.29 is 9.59 Å². The van der Waals surface area contributed by atoms with Gasteiger partial charge in [-0.1, -0.05) is 17.7 Å². The van der Waals surface area contributed by atoms with Crippen LogP contribution in [0.2, 0.25) is 0 Å². The summed E-state index contributed by atoms with van der Waals surface area (Å²) in [6, 6.07) is 14.6. The third kappa shape index (κ3) is 2.99. The highest BCUT2D eigenvalue weighted by atomic mass is 127. The van der Waals surface area contributed by atoms with Gasteiger partial charge in [0.15, 0.2) is 0 Å². The number of hydrogen-bond donors (Lipinski definition) is 1. The van der Waals surface area contributed by atoms with Gasteiger partial charge >= 0.3 is 0 Å². The summed E-state index contributed by atoms with van der Waals surface area (Å²) in [5.74, 6) is -0.373. The molecular weight excluding hydrogens is 391 g/mol. The van der Waals surface area contributed by atoms with Crippen molar-refractivity contribution in [1.82, 2.24) is 0 Å². The van der Waals surface area contributed by atoms with Crippen LogP contribution in [0.15, 0.2) is 48.5 Å². The fourth-order valence-corrected chi connectivity index (χ4v) is 2.82. The van der Waals surface area contributed by atoms with Crippen molar-refractivity contribution in [2.24, 2.45) is 0 Å². The first-order chi connectivity index (χ1) is 10.5. The normalized spacial score (nSPS) is 17.9. The Balaban J connectivity index is 1.79. The van der Waals surface area contributed by atoms with Gasteiger partial charge in [0.05, 0.1) is 12.1 Å². The molecule has 0 aliphatic carbocycles. The van der Waals surface area contributed by atoms with Gasteiger partial charge in [-0.3, -0.25) is 9.59 Å². The molecular formula is C17H15IN2O2. The second-order valence-electron chi connectivity index (χ2n) is 5.31. The molecule has 1 atom stereocenters. The number of hydrogen-bond acceptors (Lipinski definition) is 3. The number of anilines is 2. The number of rotatable bonds is 3. The van der Waals surface area contributed by atoms with E-state index in [9.17, 15) is 9.59 Å². The molecule has 1 aliphatic heterocycles. The molecule has 0 radical (unpaired) electrons. The minimum atomic E-state index is -0.505. The Kier molecular flexibility index (Phi) is 4.15. The van der Waals surface area contributed by atoms with E-state index in [-0.39, 0.29) is 18.2 Å². The smallest absolute Gasteiger partial charge is 0.256 e. The third-order valence-electron chi connectivity index (χ3n) is 3.62. The summed E-state index contributed by atoms with van der Waals surface area (Å²) in [5, 5.41) is 3.15. The van der Waals surface area contributed by atoms with Crippen LogP contribution in [0.5, 0.6) is 0 Å². The standard InChI is InChI=1S/C17H15IN2O2/c1-11-2-6-13(7-3-11)19-15-10-16(21)20(17(15)22)14-8-4-12(18)5-9-14/h2-9,15,19H,10H2,1H3/t15-/m0/s1. The molecule has 1 saturated heterocycles. The Morgan fingerprint density at radius 3 is 2.32 bits per heavy atom. The van der Waals surface area contributed by atoms with Crippen LogP contribution in [0.3, 0.4) is 0 Å². The van der Waals surface area contributed by atoms with E-state index in [1.165, 1.54) is 4.90 Å². The van der Waals surface area contributed by atoms with Gasteiger partial charge in [-0.05, 0) is 65.9 Å². The first-order valence-corrected chi connectivity index (χ1v) is 8.08. The highest BCUT2D eigenvalue weighted by Gasteiger charge is 2.39. The lowest BCUT2D eigenvalue weighted by Crippen LogP contribution is -2.34. The van der Waals surface area contributed by atoms with E-state index < -0.39 is 6.04 Å². The van der Waals surface area contributed by atoms with E-state index in [4.69, 9.17) is 0 Å². The fourth-order valence-electron chi connectivity index (χ4n) is 2.46. The van der Waals surface area contributed by atoms with E-state index in [1.807, 2.05) is 43.3 Å². The molecule has 2 aromatic rings. The van der Waals surface area contributed by atoms with Crippen LogP contribution in [0.1, 0.15) is 12.0 Å². The van der Waals surface area contributed by atoms with E-state index >= 15 is 0 Å². The summed E-state index contributed by atoms with van der Waals surface area (Å²) < 4.78 is 1.06. The summed E-state index contributed by atoms with van der Waals surface area (Å²) >= 11 is 2.19. The minimum absolute atomic E-state index is 0.171. The summed E-state index contributed by atoms with van der Waals surface area (Å²) in [6.07, 6.45) is 0.179. The average molecular weight is 406 g/mol. The molecule has 22 heavy (non-hydrogen) atoms. The maximum Gasteiger partial charge on any atom is 0.256 e. The summed E-state index contributed by atoms with van der Waals surface area (Å²) in [7, 11) is 0. The van der Waals surface area contributed by atoms with Crippen molar-refractivity contribution in [3.05, 3.63) is 57.7 Å². The number of benzene rings is 2. The molecule has 3 rings (SSSR count). The van der Waals surface area contributed by atoms with Crippen molar-refractivity contribution in [3.63, 3.8) is 0 Å². The van der Waals surface area contributed by atoms with E-state index in [0.717, 1.165) is 14.8 Å². The second kappa shape index (κ2) is 6.08. The zero-order valence-corrected chi connectivity index (χ0v) is 14.2. The van der Waals surface area contributed by atoms with Crippen molar-refractivity contribution in [3.8, 4) is 0 Å². The second-order valence-corrected chi connectivity index (χ2v) is 6.56. The van der Waals surface area contributed by atoms with Gasteiger partial charge < -0.3 is 5.32 Å². The SMILES string of the molecule is Cc1ccc(N[C@H]2CC(=O)N(c3ccc(I)cc3)C2=O)cc1. The van der Waals surface area contributed by atoms with Crippen LogP contribution in [-0.2, 0) is 9.59 Å². The number of nitrogens with one attached hydrogen (secondary N) is 1. The molecule has 2 amide bonds. The lowest BCUT2D eigenvalue weighted by atomic mass is 10.2. The van der Waals surface area contributed by atoms with E-state index in [2.05, 4.69) is 27.9 Å².